The SMILES string of the molecule is CN1C(=O)C2c3cc(F)ccc3N3CC(C)(C)C(=O)N3C2C1=O. The summed E-state index contributed by atoms with van der Waals surface area (Å²) in [4.78, 5) is 38.8. The summed E-state index contributed by atoms with van der Waals surface area (Å²) in [5.41, 5.74) is 0.410. The molecule has 3 aliphatic heterocycles. The van der Waals surface area contributed by atoms with Crippen LogP contribution in [-0.4, -0.2) is 47.3 Å². The Bertz CT molecular complexity index is 776. The van der Waals surface area contributed by atoms with E-state index in [4.69, 9.17) is 0 Å². The van der Waals surface area contributed by atoms with Gasteiger partial charge in [0.25, 0.3) is 5.91 Å². The van der Waals surface area contributed by atoms with E-state index in [2.05, 4.69) is 0 Å². The van der Waals surface area contributed by atoms with E-state index in [1.807, 2.05) is 0 Å². The summed E-state index contributed by atoms with van der Waals surface area (Å²) in [5.74, 6) is -2.32. The average Bonchev–Trinajstić information content (AvgIpc) is 2.86. The zero-order valence-electron chi connectivity index (χ0n) is 13.0. The summed E-state index contributed by atoms with van der Waals surface area (Å²) >= 11 is 0. The number of imide groups is 1. The first-order chi connectivity index (χ1) is 10.7. The number of likely N-dealkylation sites (tertiary alicyclic amines) is 1. The number of likely N-dealkylation sites (N-methyl/N-ethyl adjacent to an activating group) is 1. The first-order valence-corrected chi connectivity index (χ1v) is 7.46. The zero-order chi connectivity index (χ0) is 16.7. The Morgan fingerprint density at radius 2 is 1.87 bits per heavy atom. The fourth-order valence-corrected chi connectivity index (χ4v) is 3.77. The van der Waals surface area contributed by atoms with Crippen LogP contribution in [0.15, 0.2) is 18.2 Å². The molecule has 0 radical (unpaired) electrons. The zero-order valence-corrected chi connectivity index (χ0v) is 13.0. The number of fused-ring (bicyclic) bond motifs is 6. The molecule has 6 nitrogen and oxygen atoms in total. The highest BCUT2D eigenvalue weighted by molar-refractivity contribution is 6.12. The molecule has 0 N–H and O–H groups in total. The van der Waals surface area contributed by atoms with Crippen LogP contribution in [0.1, 0.15) is 25.3 Å². The lowest BCUT2D eigenvalue weighted by atomic mass is 9.89. The molecule has 1 aromatic carbocycles. The van der Waals surface area contributed by atoms with Gasteiger partial charge in [-0.05, 0) is 37.6 Å². The smallest absolute Gasteiger partial charge is 0.255 e. The van der Waals surface area contributed by atoms with Gasteiger partial charge < -0.3 is 0 Å². The molecule has 2 unspecified atom stereocenters. The molecule has 3 aliphatic rings. The van der Waals surface area contributed by atoms with Crippen molar-refractivity contribution >= 4 is 23.4 Å². The van der Waals surface area contributed by atoms with Crippen LogP contribution in [0.25, 0.3) is 0 Å². The number of hydrogen-bond donors (Lipinski definition) is 0. The second-order valence-corrected chi connectivity index (χ2v) is 6.95. The molecule has 1 aromatic rings. The highest BCUT2D eigenvalue weighted by Gasteiger charge is 2.61. The number of hydrazine groups is 1. The Morgan fingerprint density at radius 1 is 1.17 bits per heavy atom. The van der Waals surface area contributed by atoms with Crippen molar-refractivity contribution in [1.82, 2.24) is 9.91 Å². The topological polar surface area (TPSA) is 60.9 Å². The minimum absolute atomic E-state index is 0.195. The van der Waals surface area contributed by atoms with Gasteiger partial charge in [-0.25, -0.2) is 9.40 Å². The van der Waals surface area contributed by atoms with Gasteiger partial charge in [-0.2, -0.15) is 0 Å². The molecule has 2 fully saturated rings. The Kier molecular flexibility index (Phi) is 2.52. The summed E-state index contributed by atoms with van der Waals surface area (Å²) in [5, 5.41) is 3.11. The monoisotopic (exact) mass is 317 g/mol. The Morgan fingerprint density at radius 3 is 2.57 bits per heavy atom. The standard InChI is InChI=1S/C16H16FN3O3/c1-16(2)7-19-10-5-4-8(17)6-9(10)11-12(20(19)15(16)23)14(22)18(3)13(11)21/h4-6,11-12H,7H2,1-3H3. The lowest BCUT2D eigenvalue weighted by Crippen LogP contribution is -2.55. The van der Waals surface area contributed by atoms with Gasteiger partial charge in [0.2, 0.25) is 11.8 Å². The minimum Gasteiger partial charge on any atom is -0.283 e. The van der Waals surface area contributed by atoms with Crippen molar-refractivity contribution in [2.75, 3.05) is 18.6 Å². The van der Waals surface area contributed by atoms with Gasteiger partial charge in [-0.3, -0.25) is 24.3 Å². The predicted molar refractivity (Wildman–Crippen MR) is 78.7 cm³/mol. The van der Waals surface area contributed by atoms with E-state index in [0.717, 1.165) is 4.90 Å². The highest BCUT2D eigenvalue weighted by Crippen LogP contribution is 2.48. The van der Waals surface area contributed by atoms with Gasteiger partial charge in [0.15, 0.2) is 0 Å². The van der Waals surface area contributed by atoms with Crippen molar-refractivity contribution in [3.63, 3.8) is 0 Å². The van der Waals surface area contributed by atoms with Crippen molar-refractivity contribution in [2.45, 2.75) is 25.8 Å². The number of carbonyl (C=O) groups excluding carboxylic acids is 3. The quantitative estimate of drug-likeness (QED) is 0.667. The summed E-state index contributed by atoms with van der Waals surface area (Å²) in [6.07, 6.45) is 0. The Labute approximate surface area is 132 Å². The normalized spacial score (nSPS) is 28.2. The number of hydrogen-bond acceptors (Lipinski definition) is 4. The third kappa shape index (κ3) is 1.59. The fourth-order valence-electron chi connectivity index (χ4n) is 3.77. The third-order valence-corrected chi connectivity index (χ3v) is 4.95. The van der Waals surface area contributed by atoms with E-state index in [0.29, 0.717) is 17.8 Å². The summed E-state index contributed by atoms with van der Waals surface area (Å²) in [6.45, 7) is 3.99. The Balaban J connectivity index is 1.98. The maximum Gasteiger partial charge on any atom is 0.255 e. The van der Waals surface area contributed by atoms with E-state index in [1.54, 1.807) is 24.9 Å². The molecule has 3 amide bonds. The van der Waals surface area contributed by atoms with Crippen molar-refractivity contribution in [3.8, 4) is 0 Å². The number of carbonyl (C=O) groups is 3. The molecule has 23 heavy (non-hydrogen) atoms. The number of nitrogens with zero attached hydrogens (tertiary/aromatic N) is 3. The number of amides is 3. The molecule has 0 aliphatic carbocycles. The maximum atomic E-state index is 13.7. The molecule has 120 valence electrons. The van der Waals surface area contributed by atoms with Crippen LogP contribution in [0.3, 0.4) is 0 Å². The largest absolute Gasteiger partial charge is 0.283 e. The van der Waals surface area contributed by atoms with Crippen LogP contribution in [0, 0.1) is 11.2 Å². The van der Waals surface area contributed by atoms with Gasteiger partial charge in [-0.15, -0.1) is 0 Å². The van der Waals surface area contributed by atoms with Gasteiger partial charge in [0.05, 0.1) is 23.6 Å². The van der Waals surface area contributed by atoms with Crippen molar-refractivity contribution in [1.29, 1.82) is 0 Å². The van der Waals surface area contributed by atoms with E-state index >= 15 is 0 Å². The van der Waals surface area contributed by atoms with E-state index in [9.17, 15) is 18.8 Å². The molecule has 3 heterocycles. The summed E-state index contributed by atoms with van der Waals surface area (Å²) < 4.78 is 13.7. The summed E-state index contributed by atoms with van der Waals surface area (Å²) in [6, 6.07) is 3.25. The van der Waals surface area contributed by atoms with E-state index < -0.39 is 35.0 Å². The number of anilines is 1. The predicted octanol–water partition coefficient (Wildman–Crippen LogP) is 0.880. The molecule has 2 saturated heterocycles. The van der Waals surface area contributed by atoms with Crippen LogP contribution in [0.5, 0.6) is 0 Å². The molecule has 0 saturated carbocycles. The van der Waals surface area contributed by atoms with Gasteiger partial charge in [-0.1, -0.05) is 0 Å². The molecular weight excluding hydrogens is 301 g/mol. The summed E-state index contributed by atoms with van der Waals surface area (Å²) in [7, 11) is 1.40. The fraction of sp³-hybridized carbons (Fsp3) is 0.438. The van der Waals surface area contributed by atoms with Crippen LogP contribution < -0.4 is 5.01 Å². The lowest BCUT2D eigenvalue weighted by molar-refractivity contribution is -0.144. The first-order valence-electron chi connectivity index (χ1n) is 7.46. The lowest BCUT2D eigenvalue weighted by Gasteiger charge is -2.41. The van der Waals surface area contributed by atoms with Crippen LogP contribution in [0.2, 0.25) is 0 Å². The average molecular weight is 317 g/mol. The van der Waals surface area contributed by atoms with E-state index in [1.165, 1.54) is 24.2 Å². The van der Waals surface area contributed by atoms with Crippen LogP contribution in [0.4, 0.5) is 10.1 Å². The van der Waals surface area contributed by atoms with Gasteiger partial charge in [0.1, 0.15) is 11.9 Å². The van der Waals surface area contributed by atoms with Crippen molar-refractivity contribution < 1.29 is 18.8 Å². The molecule has 0 spiro atoms. The van der Waals surface area contributed by atoms with Crippen LogP contribution in [-0.2, 0) is 14.4 Å². The van der Waals surface area contributed by atoms with Crippen molar-refractivity contribution in [3.05, 3.63) is 29.6 Å². The highest BCUT2D eigenvalue weighted by atomic mass is 19.1. The molecule has 4 rings (SSSR count). The molecule has 0 aromatic heterocycles. The van der Waals surface area contributed by atoms with Gasteiger partial charge >= 0.3 is 0 Å². The third-order valence-electron chi connectivity index (χ3n) is 4.95. The van der Waals surface area contributed by atoms with Crippen molar-refractivity contribution in [2.24, 2.45) is 5.41 Å². The van der Waals surface area contributed by atoms with Crippen LogP contribution >= 0.6 is 0 Å². The molecule has 2 atom stereocenters. The number of rotatable bonds is 0. The Hall–Kier alpha value is -2.44. The first kappa shape index (κ1) is 14.2. The van der Waals surface area contributed by atoms with Gasteiger partial charge in [0, 0.05) is 7.05 Å². The second kappa shape index (κ2) is 4.10. The maximum absolute atomic E-state index is 13.7. The number of halogens is 1. The molecule has 0 bridgehead atoms. The number of benzene rings is 1. The minimum atomic E-state index is -0.920. The second-order valence-electron chi connectivity index (χ2n) is 6.95. The molecule has 7 heteroatoms. The van der Waals surface area contributed by atoms with E-state index in [-0.39, 0.29) is 5.91 Å². The molecular formula is C16H16FN3O3.